The van der Waals surface area contributed by atoms with Gasteiger partial charge in [-0.15, -0.1) is 10.2 Å². The highest BCUT2D eigenvalue weighted by Crippen LogP contribution is 2.28. The van der Waals surface area contributed by atoms with Crippen molar-refractivity contribution in [3.8, 4) is 11.4 Å². The Morgan fingerprint density at radius 2 is 2.04 bits per heavy atom. The Labute approximate surface area is 170 Å². The molecule has 2 aromatic carbocycles. The van der Waals surface area contributed by atoms with Crippen molar-refractivity contribution >= 4 is 62.0 Å². The van der Waals surface area contributed by atoms with Crippen LogP contribution in [0.3, 0.4) is 0 Å². The van der Waals surface area contributed by atoms with Crippen LogP contribution in [0.2, 0.25) is 0 Å². The summed E-state index contributed by atoms with van der Waals surface area (Å²) in [6.45, 7) is 0. The Balaban J connectivity index is 1.45. The molecule has 0 aliphatic carbocycles. The van der Waals surface area contributed by atoms with Crippen molar-refractivity contribution in [2.45, 2.75) is 5.16 Å². The molecule has 4 rings (SSSR count). The van der Waals surface area contributed by atoms with Gasteiger partial charge in [0.15, 0.2) is 5.82 Å². The van der Waals surface area contributed by atoms with Crippen molar-refractivity contribution in [2.75, 3.05) is 16.9 Å². The summed E-state index contributed by atoms with van der Waals surface area (Å²) in [5.74, 6) is 6.57. The molecular weight excluding hydrogens is 450 g/mol. The van der Waals surface area contributed by atoms with E-state index in [1.54, 1.807) is 6.07 Å². The van der Waals surface area contributed by atoms with Crippen LogP contribution >= 0.6 is 39.4 Å². The molecule has 2 aromatic heterocycles. The fourth-order valence-corrected chi connectivity index (χ4v) is 4.09. The number of anilines is 1. The summed E-state index contributed by atoms with van der Waals surface area (Å²) in [6.07, 6.45) is 0. The highest BCUT2D eigenvalue weighted by Gasteiger charge is 2.16. The maximum absolute atomic E-state index is 12.3. The number of aromatic nitrogens is 5. The summed E-state index contributed by atoms with van der Waals surface area (Å²) in [4.78, 5) is 12.3. The van der Waals surface area contributed by atoms with Gasteiger partial charge in [0.1, 0.15) is 11.0 Å². The van der Waals surface area contributed by atoms with Gasteiger partial charge in [-0.1, -0.05) is 45.9 Å². The van der Waals surface area contributed by atoms with E-state index in [0.29, 0.717) is 22.2 Å². The van der Waals surface area contributed by atoms with Crippen LogP contribution in [-0.4, -0.2) is 35.3 Å². The first-order valence-electron chi connectivity index (χ1n) is 7.73. The molecule has 0 saturated heterocycles. The number of halogens is 1. The molecule has 0 spiro atoms. The Morgan fingerprint density at radius 1 is 1.19 bits per heavy atom. The van der Waals surface area contributed by atoms with E-state index in [-0.39, 0.29) is 11.7 Å². The number of nitrogen functional groups attached to an aromatic ring is 1. The first kappa shape index (κ1) is 17.9. The van der Waals surface area contributed by atoms with E-state index in [1.165, 1.54) is 16.4 Å². The number of rotatable bonds is 5. The quantitative estimate of drug-likeness (QED) is 0.346. The molecule has 8 nitrogen and oxygen atoms in total. The highest BCUT2D eigenvalue weighted by atomic mass is 79.9. The Hall–Kier alpha value is -2.50. The van der Waals surface area contributed by atoms with Crippen LogP contribution in [0.1, 0.15) is 0 Å². The molecule has 136 valence electrons. The van der Waals surface area contributed by atoms with Crippen molar-refractivity contribution in [1.82, 2.24) is 23.6 Å². The van der Waals surface area contributed by atoms with Gasteiger partial charge in [0.25, 0.3) is 0 Å². The molecule has 0 unspecified atom stereocenters. The van der Waals surface area contributed by atoms with E-state index in [0.717, 1.165) is 27.3 Å². The van der Waals surface area contributed by atoms with Crippen LogP contribution in [0.15, 0.2) is 52.1 Å². The number of nitrogens with zero attached hydrogens (tertiary/aromatic N) is 5. The van der Waals surface area contributed by atoms with Crippen LogP contribution in [0.5, 0.6) is 0 Å². The van der Waals surface area contributed by atoms with Gasteiger partial charge >= 0.3 is 0 Å². The summed E-state index contributed by atoms with van der Waals surface area (Å²) in [5.41, 5.74) is 2.89. The third-order valence-corrected chi connectivity index (χ3v) is 5.85. The van der Waals surface area contributed by atoms with Crippen molar-refractivity contribution in [2.24, 2.45) is 0 Å². The Morgan fingerprint density at radius 3 is 2.89 bits per heavy atom. The number of fused-ring (bicyclic) bond motifs is 1. The molecule has 0 atom stereocenters. The summed E-state index contributed by atoms with van der Waals surface area (Å²) in [7, 11) is 0. The maximum atomic E-state index is 12.3. The van der Waals surface area contributed by atoms with Crippen molar-refractivity contribution in [3.63, 3.8) is 0 Å². The van der Waals surface area contributed by atoms with E-state index in [1.807, 2.05) is 36.4 Å². The minimum Gasteiger partial charge on any atom is -0.335 e. The topological polar surface area (TPSA) is 112 Å². The third kappa shape index (κ3) is 3.66. The number of amides is 1. The molecule has 0 fully saturated rings. The van der Waals surface area contributed by atoms with Gasteiger partial charge in [-0.05, 0) is 24.3 Å². The molecule has 0 aliphatic heterocycles. The van der Waals surface area contributed by atoms with Crippen LogP contribution in [0, 0.1) is 0 Å². The maximum Gasteiger partial charge on any atom is 0.234 e. The van der Waals surface area contributed by atoms with E-state index in [2.05, 4.69) is 40.2 Å². The summed E-state index contributed by atoms with van der Waals surface area (Å²) >= 11 is 5.79. The zero-order valence-electron chi connectivity index (χ0n) is 13.7. The first-order valence-corrected chi connectivity index (χ1v) is 10.2. The average molecular weight is 462 g/mol. The van der Waals surface area contributed by atoms with E-state index < -0.39 is 0 Å². The lowest BCUT2D eigenvalue weighted by Gasteiger charge is -2.06. The third-order valence-electron chi connectivity index (χ3n) is 3.67. The molecule has 0 bridgehead atoms. The van der Waals surface area contributed by atoms with Gasteiger partial charge in [-0.2, -0.15) is 8.75 Å². The highest BCUT2D eigenvalue weighted by molar-refractivity contribution is 9.10. The predicted octanol–water partition coefficient (Wildman–Crippen LogP) is 3.16. The lowest BCUT2D eigenvalue weighted by molar-refractivity contribution is -0.113. The van der Waals surface area contributed by atoms with Crippen molar-refractivity contribution in [3.05, 3.63) is 46.9 Å². The molecule has 2 heterocycles. The molecule has 0 radical (unpaired) electrons. The van der Waals surface area contributed by atoms with Crippen LogP contribution in [0.4, 0.5) is 5.69 Å². The van der Waals surface area contributed by atoms with Gasteiger partial charge in [0, 0.05) is 10.0 Å². The van der Waals surface area contributed by atoms with Gasteiger partial charge < -0.3 is 11.2 Å². The second-order valence-corrected chi connectivity index (χ2v) is 7.76. The molecule has 27 heavy (non-hydrogen) atoms. The van der Waals surface area contributed by atoms with Gasteiger partial charge in [-0.25, -0.2) is 4.68 Å². The van der Waals surface area contributed by atoms with Crippen LogP contribution in [-0.2, 0) is 4.79 Å². The van der Waals surface area contributed by atoms with Gasteiger partial charge in [0.05, 0.1) is 23.2 Å². The van der Waals surface area contributed by atoms with Crippen LogP contribution in [0.25, 0.3) is 22.4 Å². The minimum atomic E-state index is -0.189. The summed E-state index contributed by atoms with van der Waals surface area (Å²) < 4.78 is 10.6. The SMILES string of the molecule is Nn1c(SCC(=O)Nc2cccc3nsnc23)nnc1-c1ccccc1Br. The standard InChI is InChI=1S/C16H12BrN7OS2/c17-10-5-2-1-4-9(10)15-20-21-16(24(15)18)26-8-13(25)19-11-6-3-7-12-14(11)23-27-22-12/h1-7H,8,18H2,(H,19,25). The fourth-order valence-electron chi connectivity index (χ4n) is 2.43. The predicted molar refractivity (Wildman–Crippen MR) is 110 cm³/mol. The number of hydrogen-bond acceptors (Lipinski definition) is 8. The summed E-state index contributed by atoms with van der Waals surface area (Å²) in [5, 5.41) is 11.5. The second-order valence-electron chi connectivity index (χ2n) is 5.43. The summed E-state index contributed by atoms with van der Waals surface area (Å²) in [6, 6.07) is 13.1. The monoisotopic (exact) mass is 461 g/mol. The molecule has 11 heteroatoms. The average Bonchev–Trinajstić information content (AvgIpc) is 3.28. The lowest BCUT2D eigenvalue weighted by atomic mass is 10.2. The number of thioether (sulfide) groups is 1. The number of nitrogens with two attached hydrogens (primary N) is 1. The van der Waals surface area contributed by atoms with E-state index in [9.17, 15) is 4.79 Å². The largest absolute Gasteiger partial charge is 0.335 e. The Bertz CT molecular complexity index is 1130. The second kappa shape index (κ2) is 7.62. The minimum absolute atomic E-state index is 0.138. The molecule has 0 aliphatic rings. The van der Waals surface area contributed by atoms with Crippen molar-refractivity contribution < 1.29 is 4.79 Å². The number of hydrogen-bond donors (Lipinski definition) is 2. The fraction of sp³-hybridized carbons (Fsp3) is 0.0625. The van der Waals surface area contributed by atoms with Gasteiger partial charge in [0.2, 0.25) is 11.1 Å². The van der Waals surface area contributed by atoms with Crippen LogP contribution < -0.4 is 11.2 Å². The van der Waals surface area contributed by atoms with E-state index in [4.69, 9.17) is 5.84 Å². The molecular formula is C16H12BrN7OS2. The molecule has 0 saturated carbocycles. The first-order chi connectivity index (χ1) is 13.1. The number of carbonyl (C=O) groups is 1. The number of benzene rings is 2. The molecule has 1 amide bonds. The Kier molecular flexibility index (Phi) is 5.05. The number of nitrogens with one attached hydrogen (secondary N) is 1. The molecule has 3 N–H and O–H groups in total. The van der Waals surface area contributed by atoms with E-state index >= 15 is 0 Å². The zero-order valence-corrected chi connectivity index (χ0v) is 16.9. The van der Waals surface area contributed by atoms with Gasteiger partial charge in [-0.3, -0.25) is 4.79 Å². The molecule has 4 aromatic rings. The van der Waals surface area contributed by atoms with Crippen molar-refractivity contribution in [1.29, 1.82) is 0 Å². The zero-order chi connectivity index (χ0) is 18.8. The normalized spacial score (nSPS) is 11.0. The lowest BCUT2D eigenvalue weighted by Crippen LogP contribution is -2.16. The number of carbonyl (C=O) groups excluding carboxylic acids is 1. The smallest absolute Gasteiger partial charge is 0.234 e.